The number of rotatable bonds is 8. The Hall–Kier alpha value is -2.78. The number of ether oxygens (including phenoxy) is 1. The van der Waals surface area contributed by atoms with Gasteiger partial charge in [-0.2, -0.15) is 0 Å². The number of nitrogens with zero attached hydrogens (tertiary/aromatic N) is 3. The molecule has 9 heteroatoms. The van der Waals surface area contributed by atoms with E-state index in [1.165, 1.54) is 11.3 Å². The van der Waals surface area contributed by atoms with Crippen LogP contribution in [0.25, 0.3) is 0 Å². The van der Waals surface area contributed by atoms with Crippen molar-refractivity contribution >= 4 is 29.4 Å². The van der Waals surface area contributed by atoms with E-state index in [1.807, 2.05) is 11.8 Å². The van der Waals surface area contributed by atoms with Crippen molar-refractivity contribution in [2.45, 2.75) is 69.9 Å². The summed E-state index contributed by atoms with van der Waals surface area (Å²) in [6.45, 7) is 5.22. The molecular weight excluding hydrogens is 448 g/mol. The molecule has 0 spiro atoms. The van der Waals surface area contributed by atoms with Crippen LogP contribution in [0.2, 0.25) is 0 Å². The Labute approximate surface area is 206 Å². The molecule has 3 saturated heterocycles. The van der Waals surface area contributed by atoms with E-state index in [0.29, 0.717) is 43.8 Å². The van der Waals surface area contributed by atoms with Gasteiger partial charge in [-0.15, -0.1) is 0 Å². The number of carbonyl (C=O) groups excluding carboxylic acids is 4. The number of nitrogens with two attached hydrogens (primary N) is 1. The standard InChI is InChI=1S/C26H36N4O5/c1-2-3-17-35-24(33)19-7-9-20(10-8-19)30-22(31)18-21(23(30)32)28-15-11-26(12-16-28,25(27)34)29-13-5-4-6-14-29/h7-10,21H,2-6,11-18H2,1H3,(H2,27,34). The van der Waals surface area contributed by atoms with E-state index in [9.17, 15) is 19.2 Å². The minimum Gasteiger partial charge on any atom is -0.462 e. The zero-order chi connectivity index (χ0) is 25.0. The average molecular weight is 485 g/mol. The fourth-order valence-electron chi connectivity index (χ4n) is 5.56. The van der Waals surface area contributed by atoms with Crippen molar-refractivity contribution in [2.75, 3.05) is 37.7 Å². The first-order valence-corrected chi connectivity index (χ1v) is 12.8. The van der Waals surface area contributed by atoms with E-state index < -0.39 is 17.6 Å². The van der Waals surface area contributed by atoms with Crippen LogP contribution in [0.15, 0.2) is 24.3 Å². The van der Waals surface area contributed by atoms with Crippen LogP contribution in [0, 0.1) is 0 Å². The van der Waals surface area contributed by atoms with Gasteiger partial charge in [-0.1, -0.05) is 19.8 Å². The van der Waals surface area contributed by atoms with E-state index in [4.69, 9.17) is 10.5 Å². The van der Waals surface area contributed by atoms with Crippen LogP contribution in [0.5, 0.6) is 0 Å². The number of anilines is 1. The number of amides is 3. The van der Waals surface area contributed by atoms with Crippen LogP contribution in [0.4, 0.5) is 5.69 Å². The molecule has 0 aliphatic carbocycles. The molecule has 3 heterocycles. The van der Waals surface area contributed by atoms with Gasteiger partial charge in [0.2, 0.25) is 11.8 Å². The first kappa shape index (κ1) is 25.3. The predicted octanol–water partition coefficient (Wildman–Crippen LogP) is 2.08. The quantitative estimate of drug-likeness (QED) is 0.341. The molecule has 1 unspecified atom stereocenters. The van der Waals surface area contributed by atoms with Gasteiger partial charge in [0.05, 0.1) is 30.3 Å². The number of imide groups is 1. The van der Waals surface area contributed by atoms with E-state index >= 15 is 0 Å². The molecular formula is C26H36N4O5. The first-order valence-electron chi connectivity index (χ1n) is 12.8. The lowest BCUT2D eigenvalue weighted by atomic mass is 9.83. The van der Waals surface area contributed by atoms with Crippen molar-refractivity contribution in [2.24, 2.45) is 5.73 Å². The highest BCUT2D eigenvalue weighted by Crippen LogP contribution is 2.34. The predicted molar refractivity (Wildman–Crippen MR) is 131 cm³/mol. The summed E-state index contributed by atoms with van der Waals surface area (Å²) in [6.07, 6.45) is 6.28. The lowest BCUT2D eigenvalue weighted by Gasteiger charge is -2.48. The minimum atomic E-state index is -0.663. The zero-order valence-corrected chi connectivity index (χ0v) is 20.5. The molecule has 35 heavy (non-hydrogen) atoms. The number of hydrogen-bond donors (Lipinski definition) is 1. The number of likely N-dealkylation sites (tertiary alicyclic amines) is 2. The molecule has 3 aliphatic rings. The SMILES string of the molecule is CCCCOC(=O)c1ccc(N2C(=O)CC(N3CCC(C(N)=O)(N4CCCCC4)CC3)C2=O)cc1. The van der Waals surface area contributed by atoms with Crippen molar-refractivity contribution in [3.05, 3.63) is 29.8 Å². The van der Waals surface area contributed by atoms with Crippen LogP contribution in [0.3, 0.4) is 0 Å². The molecule has 3 fully saturated rings. The normalized spacial score (nSPS) is 23.5. The van der Waals surface area contributed by atoms with E-state index in [2.05, 4.69) is 4.90 Å². The Morgan fingerprint density at radius 2 is 1.69 bits per heavy atom. The maximum atomic E-state index is 13.3. The molecule has 190 valence electrons. The Balaban J connectivity index is 1.40. The lowest BCUT2D eigenvalue weighted by Crippen LogP contribution is -2.64. The second kappa shape index (κ2) is 10.9. The monoisotopic (exact) mass is 484 g/mol. The molecule has 1 atom stereocenters. The average Bonchev–Trinajstić information content (AvgIpc) is 3.18. The molecule has 0 radical (unpaired) electrons. The van der Waals surface area contributed by atoms with Crippen molar-refractivity contribution < 1.29 is 23.9 Å². The Bertz CT molecular complexity index is 949. The van der Waals surface area contributed by atoms with Crippen molar-refractivity contribution in [1.29, 1.82) is 0 Å². The molecule has 1 aromatic carbocycles. The second-order valence-corrected chi connectivity index (χ2v) is 9.80. The third-order valence-corrected chi connectivity index (χ3v) is 7.70. The third kappa shape index (κ3) is 5.11. The van der Waals surface area contributed by atoms with Gasteiger partial charge in [0, 0.05) is 13.1 Å². The number of benzene rings is 1. The smallest absolute Gasteiger partial charge is 0.338 e. The Kier molecular flexibility index (Phi) is 7.86. The summed E-state index contributed by atoms with van der Waals surface area (Å²) < 4.78 is 5.22. The van der Waals surface area contributed by atoms with Crippen LogP contribution in [-0.4, -0.2) is 77.9 Å². The largest absolute Gasteiger partial charge is 0.462 e. The van der Waals surface area contributed by atoms with Gasteiger partial charge in [0.15, 0.2) is 0 Å². The van der Waals surface area contributed by atoms with Crippen molar-refractivity contribution in [1.82, 2.24) is 9.80 Å². The molecule has 3 amide bonds. The van der Waals surface area contributed by atoms with Crippen LogP contribution < -0.4 is 10.6 Å². The number of piperidine rings is 2. The summed E-state index contributed by atoms with van der Waals surface area (Å²) in [5, 5.41) is 0. The fourth-order valence-corrected chi connectivity index (χ4v) is 5.56. The highest BCUT2D eigenvalue weighted by Gasteiger charge is 2.49. The van der Waals surface area contributed by atoms with Gasteiger partial charge >= 0.3 is 5.97 Å². The number of carbonyl (C=O) groups is 4. The highest BCUT2D eigenvalue weighted by atomic mass is 16.5. The molecule has 9 nitrogen and oxygen atoms in total. The second-order valence-electron chi connectivity index (χ2n) is 9.80. The van der Waals surface area contributed by atoms with E-state index in [1.54, 1.807) is 24.3 Å². The summed E-state index contributed by atoms with van der Waals surface area (Å²) >= 11 is 0. The van der Waals surface area contributed by atoms with Gasteiger partial charge in [-0.3, -0.25) is 24.2 Å². The summed E-state index contributed by atoms with van der Waals surface area (Å²) in [7, 11) is 0. The summed E-state index contributed by atoms with van der Waals surface area (Å²) in [6, 6.07) is 5.84. The van der Waals surface area contributed by atoms with Gasteiger partial charge in [-0.05, 0) is 69.5 Å². The fraction of sp³-hybridized carbons (Fsp3) is 0.615. The molecule has 3 aliphatic heterocycles. The number of unbranched alkanes of at least 4 members (excludes halogenated alkanes) is 1. The van der Waals surface area contributed by atoms with Crippen LogP contribution in [-0.2, 0) is 19.1 Å². The first-order chi connectivity index (χ1) is 16.9. The van der Waals surface area contributed by atoms with Gasteiger partial charge in [0.1, 0.15) is 5.54 Å². The summed E-state index contributed by atoms with van der Waals surface area (Å²) in [4.78, 5) is 56.2. The van der Waals surface area contributed by atoms with Crippen molar-refractivity contribution in [3.8, 4) is 0 Å². The summed E-state index contributed by atoms with van der Waals surface area (Å²) in [5.74, 6) is -1.23. The van der Waals surface area contributed by atoms with Crippen molar-refractivity contribution in [3.63, 3.8) is 0 Å². The molecule has 1 aromatic rings. The van der Waals surface area contributed by atoms with Gasteiger partial charge < -0.3 is 10.5 Å². The third-order valence-electron chi connectivity index (χ3n) is 7.70. The number of hydrogen-bond acceptors (Lipinski definition) is 7. The topological polar surface area (TPSA) is 113 Å². The molecule has 0 aromatic heterocycles. The van der Waals surface area contributed by atoms with E-state index in [0.717, 1.165) is 38.8 Å². The summed E-state index contributed by atoms with van der Waals surface area (Å²) in [5.41, 5.74) is 6.06. The van der Waals surface area contributed by atoms with E-state index in [-0.39, 0.29) is 24.1 Å². The Morgan fingerprint density at radius 3 is 2.29 bits per heavy atom. The molecule has 0 saturated carbocycles. The number of esters is 1. The minimum absolute atomic E-state index is 0.104. The molecule has 4 rings (SSSR count). The van der Waals surface area contributed by atoms with Crippen LogP contribution in [0.1, 0.15) is 68.6 Å². The zero-order valence-electron chi connectivity index (χ0n) is 20.5. The number of primary amides is 1. The van der Waals surface area contributed by atoms with Gasteiger partial charge in [-0.25, -0.2) is 9.69 Å². The highest BCUT2D eigenvalue weighted by molar-refractivity contribution is 6.22. The maximum Gasteiger partial charge on any atom is 0.338 e. The maximum absolute atomic E-state index is 13.3. The van der Waals surface area contributed by atoms with Crippen LogP contribution >= 0.6 is 0 Å². The molecule has 2 N–H and O–H groups in total. The van der Waals surface area contributed by atoms with Gasteiger partial charge in [0.25, 0.3) is 5.91 Å². The lowest BCUT2D eigenvalue weighted by molar-refractivity contribution is -0.136. The molecule has 0 bridgehead atoms. The Morgan fingerprint density at radius 1 is 1.03 bits per heavy atom.